The number of rotatable bonds is 3. The molecule has 0 unspecified atom stereocenters. The van der Waals surface area contributed by atoms with E-state index in [0.717, 1.165) is 18.7 Å². The summed E-state index contributed by atoms with van der Waals surface area (Å²) in [5.41, 5.74) is 3.67. The van der Waals surface area contributed by atoms with Gasteiger partial charge in [0, 0.05) is 13.1 Å². The molecule has 102 valence electrons. The highest BCUT2D eigenvalue weighted by Crippen LogP contribution is 2.18. The first-order valence-corrected chi connectivity index (χ1v) is 7.36. The molecule has 0 radical (unpaired) electrons. The van der Waals surface area contributed by atoms with Crippen molar-refractivity contribution in [2.75, 3.05) is 13.1 Å². The van der Waals surface area contributed by atoms with E-state index >= 15 is 0 Å². The van der Waals surface area contributed by atoms with Crippen molar-refractivity contribution >= 4 is 6.21 Å². The van der Waals surface area contributed by atoms with Gasteiger partial charge in [-0.2, -0.15) is 5.10 Å². The van der Waals surface area contributed by atoms with Gasteiger partial charge >= 0.3 is 0 Å². The average molecular weight is 264 g/mol. The van der Waals surface area contributed by atoms with Gasteiger partial charge in [0.2, 0.25) is 0 Å². The third-order valence-electron chi connectivity index (χ3n) is 3.72. The van der Waals surface area contributed by atoms with Crippen molar-refractivity contribution in [3.63, 3.8) is 0 Å². The third kappa shape index (κ3) is 3.27. The number of nitrogens with zero attached hydrogens (tertiary/aromatic N) is 2. The second-order valence-electron chi connectivity index (χ2n) is 5.25. The summed E-state index contributed by atoms with van der Waals surface area (Å²) in [7, 11) is 0. The Hall–Kier alpha value is -2.09. The molecule has 2 aromatic rings. The molecule has 20 heavy (non-hydrogen) atoms. The number of hydrogen-bond donors (Lipinski definition) is 0. The molecule has 1 aliphatic rings. The van der Waals surface area contributed by atoms with Gasteiger partial charge in [-0.25, -0.2) is 0 Å². The van der Waals surface area contributed by atoms with Crippen LogP contribution in [-0.4, -0.2) is 24.3 Å². The fourth-order valence-corrected chi connectivity index (χ4v) is 2.53. The van der Waals surface area contributed by atoms with E-state index in [1.807, 2.05) is 12.3 Å². The van der Waals surface area contributed by atoms with Crippen molar-refractivity contribution in [1.29, 1.82) is 0 Å². The molecular weight excluding hydrogens is 244 g/mol. The lowest BCUT2D eigenvalue weighted by Crippen LogP contribution is -2.24. The summed E-state index contributed by atoms with van der Waals surface area (Å²) in [5.74, 6) is 0. The lowest BCUT2D eigenvalue weighted by molar-refractivity contribution is 0.240. The van der Waals surface area contributed by atoms with Gasteiger partial charge in [0.25, 0.3) is 0 Å². The van der Waals surface area contributed by atoms with E-state index in [2.05, 4.69) is 58.6 Å². The molecule has 0 saturated carbocycles. The Morgan fingerprint density at radius 2 is 1.40 bits per heavy atom. The van der Waals surface area contributed by atoms with Crippen LogP contribution in [0, 0.1) is 0 Å². The Bertz CT molecular complexity index is 552. The molecule has 0 aliphatic carbocycles. The summed E-state index contributed by atoms with van der Waals surface area (Å²) < 4.78 is 0. The van der Waals surface area contributed by atoms with Gasteiger partial charge in [-0.05, 0) is 36.0 Å². The number of hydrogen-bond acceptors (Lipinski definition) is 2. The summed E-state index contributed by atoms with van der Waals surface area (Å²) in [6, 6.07) is 19.0. The minimum Gasteiger partial charge on any atom is -0.297 e. The summed E-state index contributed by atoms with van der Waals surface area (Å²) >= 11 is 0. The highest BCUT2D eigenvalue weighted by atomic mass is 15.4. The predicted octanol–water partition coefficient (Wildman–Crippen LogP) is 4.17. The van der Waals surface area contributed by atoms with Crippen LogP contribution in [0.5, 0.6) is 0 Å². The first-order valence-electron chi connectivity index (χ1n) is 7.36. The Labute approximate surface area is 120 Å². The zero-order valence-corrected chi connectivity index (χ0v) is 11.7. The monoisotopic (exact) mass is 264 g/mol. The maximum Gasteiger partial charge on any atom is 0.0542 e. The van der Waals surface area contributed by atoms with Crippen LogP contribution >= 0.6 is 0 Å². The number of hydrazone groups is 1. The summed E-state index contributed by atoms with van der Waals surface area (Å²) in [6.45, 7) is 2.19. The molecule has 0 bridgehead atoms. The van der Waals surface area contributed by atoms with Crippen LogP contribution in [0.1, 0.15) is 24.8 Å². The van der Waals surface area contributed by atoms with E-state index in [0.29, 0.717) is 0 Å². The molecule has 2 aromatic carbocycles. The zero-order chi connectivity index (χ0) is 13.6. The number of benzene rings is 2. The maximum absolute atomic E-state index is 4.56. The fraction of sp³-hybridized carbons (Fsp3) is 0.278. The molecule has 1 heterocycles. The van der Waals surface area contributed by atoms with Crippen LogP contribution in [0.3, 0.4) is 0 Å². The van der Waals surface area contributed by atoms with Crippen LogP contribution in [0.15, 0.2) is 59.7 Å². The summed E-state index contributed by atoms with van der Waals surface area (Å²) in [4.78, 5) is 0. The molecular formula is C18H20N2. The normalized spacial score (nSPS) is 15.7. The molecule has 1 saturated heterocycles. The van der Waals surface area contributed by atoms with Gasteiger partial charge in [-0.15, -0.1) is 0 Å². The zero-order valence-electron chi connectivity index (χ0n) is 11.7. The number of piperidine rings is 1. The first-order chi connectivity index (χ1) is 9.92. The Balaban J connectivity index is 1.68. The van der Waals surface area contributed by atoms with E-state index in [1.165, 1.54) is 30.4 Å². The molecule has 2 heteroatoms. The smallest absolute Gasteiger partial charge is 0.0542 e. The van der Waals surface area contributed by atoms with Crippen LogP contribution < -0.4 is 0 Å². The van der Waals surface area contributed by atoms with Crippen molar-refractivity contribution in [3.8, 4) is 11.1 Å². The van der Waals surface area contributed by atoms with E-state index in [1.54, 1.807) is 0 Å². The Morgan fingerprint density at radius 3 is 2.10 bits per heavy atom. The molecule has 0 atom stereocenters. The second-order valence-corrected chi connectivity index (χ2v) is 5.25. The van der Waals surface area contributed by atoms with Crippen LogP contribution in [-0.2, 0) is 0 Å². The highest BCUT2D eigenvalue weighted by Gasteiger charge is 2.05. The van der Waals surface area contributed by atoms with Crippen molar-refractivity contribution in [1.82, 2.24) is 5.01 Å². The molecule has 3 rings (SSSR count). The minimum absolute atomic E-state index is 1.10. The van der Waals surface area contributed by atoms with Crippen molar-refractivity contribution in [3.05, 3.63) is 60.2 Å². The Kier molecular flexibility index (Phi) is 4.12. The van der Waals surface area contributed by atoms with E-state index in [9.17, 15) is 0 Å². The summed E-state index contributed by atoms with van der Waals surface area (Å²) in [6.07, 6.45) is 5.85. The SMILES string of the molecule is C(=NN1CCCCC1)c1ccc(-c2ccccc2)cc1. The molecule has 0 spiro atoms. The maximum atomic E-state index is 4.56. The van der Waals surface area contributed by atoms with Crippen molar-refractivity contribution < 1.29 is 0 Å². The second kappa shape index (κ2) is 6.38. The average Bonchev–Trinajstić information content (AvgIpc) is 2.55. The van der Waals surface area contributed by atoms with E-state index in [4.69, 9.17) is 0 Å². The Morgan fingerprint density at radius 1 is 0.750 bits per heavy atom. The van der Waals surface area contributed by atoms with Crippen LogP contribution in [0.25, 0.3) is 11.1 Å². The molecule has 0 amide bonds. The quantitative estimate of drug-likeness (QED) is 0.760. The van der Waals surface area contributed by atoms with Gasteiger partial charge in [0.1, 0.15) is 0 Å². The predicted molar refractivity (Wildman–Crippen MR) is 84.9 cm³/mol. The van der Waals surface area contributed by atoms with Crippen LogP contribution in [0.2, 0.25) is 0 Å². The van der Waals surface area contributed by atoms with Crippen LogP contribution in [0.4, 0.5) is 0 Å². The largest absolute Gasteiger partial charge is 0.297 e. The van der Waals surface area contributed by atoms with Gasteiger partial charge in [-0.1, -0.05) is 54.6 Å². The molecule has 2 nitrogen and oxygen atoms in total. The van der Waals surface area contributed by atoms with Crippen molar-refractivity contribution in [2.24, 2.45) is 5.10 Å². The minimum atomic E-state index is 1.10. The van der Waals surface area contributed by atoms with E-state index in [-0.39, 0.29) is 0 Å². The lowest BCUT2D eigenvalue weighted by Gasteiger charge is -2.23. The van der Waals surface area contributed by atoms with Gasteiger partial charge in [0.05, 0.1) is 6.21 Å². The van der Waals surface area contributed by atoms with Crippen molar-refractivity contribution in [2.45, 2.75) is 19.3 Å². The topological polar surface area (TPSA) is 15.6 Å². The molecule has 1 aliphatic heterocycles. The molecule has 0 N–H and O–H groups in total. The molecule has 1 fully saturated rings. The highest BCUT2D eigenvalue weighted by molar-refractivity contribution is 5.80. The van der Waals surface area contributed by atoms with Gasteiger partial charge in [0.15, 0.2) is 0 Å². The molecule has 0 aromatic heterocycles. The summed E-state index contributed by atoms with van der Waals surface area (Å²) in [5, 5.41) is 6.74. The lowest BCUT2D eigenvalue weighted by atomic mass is 10.0. The third-order valence-corrected chi connectivity index (χ3v) is 3.72. The first kappa shape index (κ1) is 12.9. The van der Waals surface area contributed by atoms with E-state index < -0.39 is 0 Å². The standard InChI is InChI=1S/C18H20N2/c1-3-7-17(8-4-1)18-11-9-16(10-12-18)15-19-20-13-5-2-6-14-20/h1,3-4,7-12,15H,2,5-6,13-14H2. The van der Waals surface area contributed by atoms with Gasteiger partial charge in [-0.3, -0.25) is 5.01 Å². The fourth-order valence-electron chi connectivity index (χ4n) is 2.53. The van der Waals surface area contributed by atoms with Gasteiger partial charge < -0.3 is 0 Å².